The third kappa shape index (κ3) is 20.0. The summed E-state index contributed by atoms with van der Waals surface area (Å²) in [6, 6.07) is 11.9. The first kappa shape index (κ1) is 73.5. The van der Waals surface area contributed by atoms with Gasteiger partial charge in [0.1, 0.15) is 17.7 Å². The van der Waals surface area contributed by atoms with Crippen LogP contribution in [0.15, 0.2) is 54.6 Å². The Bertz CT molecular complexity index is 3090. The van der Waals surface area contributed by atoms with Crippen molar-refractivity contribution < 1.29 is 58.3 Å². The number of benzene rings is 2. The highest BCUT2D eigenvalue weighted by Gasteiger charge is 2.43. The van der Waals surface area contributed by atoms with Crippen molar-refractivity contribution in [2.24, 2.45) is 0 Å². The third-order valence-electron chi connectivity index (χ3n) is 14.7. The lowest BCUT2D eigenvalue weighted by Crippen LogP contribution is -2.47. The van der Waals surface area contributed by atoms with Crippen molar-refractivity contribution in [2.45, 2.75) is 181 Å². The molecule has 2 aliphatic heterocycles. The maximum absolute atomic E-state index is 13.7. The summed E-state index contributed by atoms with van der Waals surface area (Å²) in [5.74, 6) is -1.23. The van der Waals surface area contributed by atoms with E-state index in [0.29, 0.717) is 53.8 Å². The number of nitrogens with zero attached hydrogens (tertiary/aromatic N) is 6. The number of rotatable bonds is 16. The number of aromatic nitrogens is 4. The molecule has 2 aromatic heterocycles. The van der Waals surface area contributed by atoms with Gasteiger partial charge in [0, 0.05) is 49.2 Å². The Morgan fingerprint density at radius 1 is 0.646 bits per heavy atom. The number of carbonyl (C=O) groups excluding carboxylic acids is 3. The molecule has 0 bridgehead atoms. The molecular weight excluding hydrogens is 1170 g/mol. The van der Waals surface area contributed by atoms with Crippen LogP contribution in [0.3, 0.4) is 0 Å². The minimum absolute atomic E-state index is 0. The lowest BCUT2D eigenvalue weighted by Gasteiger charge is -2.40. The Hall–Kier alpha value is -4.64. The minimum Gasteiger partial charge on any atom is -0.458 e. The largest absolute Gasteiger partial charge is 0.458 e. The van der Waals surface area contributed by atoms with Gasteiger partial charge < -0.3 is 18.3 Å². The van der Waals surface area contributed by atoms with Gasteiger partial charge in [0.05, 0.1) is 60.3 Å². The average Bonchev–Trinajstić information content (AvgIpc) is 3.33. The Kier molecular flexibility index (Phi) is 26.4. The number of ether oxygens (including phenoxy) is 2. The molecule has 0 amide bonds. The summed E-state index contributed by atoms with van der Waals surface area (Å²) in [5, 5.41) is 0.110. The number of anilines is 2. The van der Waals surface area contributed by atoms with Gasteiger partial charge in [-0.3, -0.25) is 14.4 Å². The zero-order valence-electron chi connectivity index (χ0n) is 51.1. The minimum atomic E-state index is -3.62. The molecule has 0 aliphatic carbocycles. The fourth-order valence-corrected chi connectivity index (χ4v) is 11.5. The van der Waals surface area contributed by atoms with Crippen molar-refractivity contribution in [2.75, 3.05) is 35.2 Å². The first-order chi connectivity index (χ1) is 36.7. The van der Waals surface area contributed by atoms with E-state index in [1.54, 1.807) is 30.3 Å². The van der Waals surface area contributed by atoms with Crippen LogP contribution in [0.25, 0.3) is 28.6 Å². The van der Waals surface area contributed by atoms with Gasteiger partial charge in [0.25, 0.3) is 0 Å². The van der Waals surface area contributed by atoms with Crippen LogP contribution in [0.5, 0.6) is 0 Å². The lowest BCUT2D eigenvalue weighted by atomic mass is 9.97. The molecule has 4 heterocycles. The van der Waals surface area contributed by atoms with E-state index in [-0.39, 0.29) is 104 Å². The van der Waals surface area contributed by atoms with Gasteiger partial charge in [0.15, 0.2) is 29.0 Å². The van der Waals surface area contributed by atoms with Crippen molar-refractivity contribution in [3.8, 4) is 22.5 Å². The number of cyclic esters (lactones) is 2. The first-order valence-corrected chi connectivity index (χ1v) is 36.3. The van der Waals surface area contributed by atoms with E-state index < -0.39 is 54.7 Å². The van der Waals surface area contributed by atoms with Crippen LogP contribution in [-0.2, 0) is 59.2 Å². The summed E-state index contributed by atoms with van der Waals surface area (Å²) in [4.78, 5) is 52.6. The monoisotopic (exact) mass is 1250 g/mol. The Labute approximate surface area is 502 Å². The van der Waals surface area contributed by atoms with Crippen LogP contribution in [0, 0.1) is 11.6 Å². The van der Waals surface area contributed by atoms with Crippen LogP contribution >= 0.6 is 27.0 Å². The van der Waals surface area contributed by atoms with Gasteiger partial charge in [-0.2, -0.15) is 27.0 Å². The summed E-state index contributed by atoms with van der Waals surface area (Å²) < 4.78 is 100. The molecule has 0 radical (unpaired) electrons. The molecule has 2 aliphatic rings. The molecule has 0 saturated carbocycles. The second kappa shape index (κ2) is 29.4. The number of carbonyl (C=O) groups is 3. The third-order valence-corrected chi connectivity index (χ3v) is 26.1. The van der Waals surface area contributed by atoms with E-state index in [1.807, 2.05) is 40.7 Å². The smallest absolute Gasteiger partial charge is 0.309 e. The Balaban J connectivity index is 0.000000455. The Morgan fingerprint density at radius 3 is 1.38 bits per heavy atom. The molecular formula is C57H88F2N6O11S4Si2. The maximum Gasteiger partial charge on any atom is 0.309 e. The number of halogens is 2. The maximum atomic E-state index is 13.7. The normalized spacial score (nSPS) is 18.0. The molecule has 2 fully saturated rings. The topological polar surface area (TPSA) is 214 Å². The molecule has 4 atom stereocenters. The molecule has 0 spiro atoms. The molecule has 2 aromatic carbocycles. The molecule has 4 aromatic rings. The van der Waals surface area contributed by atoms with Crippen molar-refractivity contribution in [3.63, 3.8) is 0 Å². The van der Waals surface area contributed by atoms with E-state index in [4.69, 9.17) is 18.3 Å². The fourth-order valence-electron chi connectivity index (χ4n) is 8.00. The van der Waals surface area contributed by atoms with Crippen molar-refractivity contribution >= 4 is 99.9 Å². The highest BCUT2D eigenvalue weighted by molar-refractivity contribution is 7.92. The second-order valence-electron chi connectivity index (χ2n) is 24.0. The van der Waals surface area contributed by atoms with Gasteiger partial charge in [-0.1, -0.05) is 82.2 Å². The van der Waals surface area contributed by atoms with Gasteiger partial charge in [-0.25, -0.2) is 54.2 Å². The predicted molar refractivity (Wildman–Crippen MR) is 337 cm³/mol. The molecule has 82 heavy (non-hydrogen) atoms. The number of hydrogen-bond donors (Lipinski definition) is 0. The van der Waals surface area contributed by atoms with Crippen molar-refractivity contribution in [1.29, 1.82) is 0 Å². The van der Waals surface area contributed by atoms with Crippen LogP contribution in [0.2, 0.25) is 36.3 Å². The standard InChI is InChI=1S/C28H40FN3O5SSi.C17H22FN3O2S.C12H22O4Si.2H2S/c1-18(2)25-23(15-14-21-16-22(17-24(33)36-21)37-39(8,9)28(3,4)5)26(19-10-12-20(29)13-11-19)31-27(30-25)32(6)38(7,34)35;1-6-14-15(11(2)3)19-17(21(4)24(5,22)23)20-16(14)12-7-9-13(18)10-8-12;1-12(2,3)17(4,5)16-9-6-10(8-13)15-11(14)7-9;;/h10-15,18,21-22H,16-17H2,1-9H3;7-11H,6H2,1-5H3;8-10H,6-7H2,1-5H3;2*1H2/b15-14+;;;;/t21-,22-;;9-,10+;;/m1.1../s1. The fraction of sp³-hybridized carbons (Fsp3) is 0.561. The lowest BCUT2D eigenvalue weighted by molar-refractivity contribution is -0.161. The number of aldehydes is 1. The summed E-state index contributed by atoms with van der Waals surface area (Å²) in [6.07, 6.45) is 7.09. The number of sulfonamides is 2. The van der Waals surface area contributed by atoms with Gasteiger partial charge in [-0.05, 0) is 109 Å². The average molecular weight is 1260 g/mol. The van der Waals surface area contributed by atoms with Crippen LogP contribution in [0.1, 0.15) is 136 Å². The molecule has 2 saturated heterocycles. The van der Waals surface area contributed by atoms with E-state index in [9.17, 15) is 40.0 Å². The van der Waals surface area contributed by atoms with Crippen LogP contribution in [0.4, 0.5) is 20.7 Å². The molecule has 6 rings (SSSR count). The number of esters is 2. The van der Waals surface area contributed by atoms with E-state index in [1.165, 1.54) is 38.4 Å². The number of hydrogen-bond acceptors (Lipinski definition) is 15. The quantitative estimate of drug-likeness (QED) is 0.0579. The molecule has 17 nitrogen and oxygen atoms in total. The van der Waals surface area contributed by atoms with E-state index in [2.05, 4.69) is 87.7 Å². The Morgan fingerprint density at radius 2 is 1.01 bits per heavy atom. The zero-order chi connectivity index (χ0) is 60.7. The van der Waals surface area contributed by atoms with E-state index in [0.717, 1.165) is 37.9 Å². The molecule has 25 heteroatoms. The highest BCUT2D eigenvalue weighted by atomic mass is 32.2. The van der Waals surface area contributed by atoms with Gasteiger partial charge in [-0.15, -0.1) is 0 Å². The van der Waals surface area contributed by atoms with Crippen molar-refractivity contribution in [1.82, 2.24) is 19.9 Å². The SMILES string of the molecule is CC(C)(C)[Si](C)(C)O[C@H]1CC(=O)O[C@H](C=O)C1.CC(C)c1nc(N(C)S(C)(=O)=O)nc(-c2ccc(F)cc2)c1/C=C/[C@@H]1C[C@@H](O[Si](C)(C)C(C)(C)C)CC(=O)O1.CCc1c(-c2ccc(F)cc2)nc(N(C)S(C)(=O)=O)nc1C(C)C.S.S. The molecule has 458 valence electrons. The predicted octanol–water partition coefficient (Wildman–Crippen LogP) is 11.8. The summed E-state index contributed by atoms with van der Waals surface area (Å²) in [7, 11) is -8.26. The van der Waals surface area contributed by atoms with Crippen LogP contribution < -0.4 is 8.61 Å². The van der Waals surface area contributed by atoms with Gasteiger partial charge >= 0.3 is 11.9 Å². The first-order valence-electron chi connectivity index (χ1n) is 26.8. The highest BCUT2D eigenvalue weighted by Crippen LogP contribution is 2.41. The molecule has 0 unspecified atom stereocenters. The zero-order valence-corrected chi connectivity index (χ0v) is 56.7. The van der Waals surface area contributed by atoms with E-state index >= 15 is 0 Å². The van der Waals surface area contributed by atoms with Crippen LogP contribution in [-0.4, -0.2) is 123 Å². The summed E-state index contributed by atoms with van der Waals surface area (Å²) in [6.45, 7) is 31.4. The van der Waals surface area contributed by atoms with Crippen molar-refractivity contribution in [3.05, 3.63) is 88.8 Å². The van der Waals surface area contributed by atoms with Gasteiger partial charge in [0.2, 0.25) is 31.9 Å². The second-order valence-corrected chi connectivity index (χ2v) is 37.5. The summed E-state index contributed by atoms with van der Waals surface area (Å²) in [5.41, 5.74) is 5.44. The molecule has 0 N–H and O–H groups in total. The summed E-state index contributed by atoms with van der Waals surface area (Å²) >= 11 is 0.